The van der Waals surface area contributed by atoms with Crippen molar-refractivity contribution in [2.45, 2.75) is 37.6 Å². The first kappa shape index (κ1) is 14.5. The zero-order valence-electron chi connectivity index (χ0n) is 12.3. The van der Waals surface area contributed by atoms with Gasteiger partial charge in [-0.25, -0.2) is 8.78 Å². The Labute approximate surface area is 124 Å². The quantitative estimate of drug-likeness (QED) is 0.845. The molecule has 21 heavy (non-hydrogen) atoms. The molecule has 0 radical (unpaired) electrons. The van der Waals surface area contributed by atoms with Gasteiger partial charge in [-0.05, 0) is 48.2 Å². The first-order valence-corrected chi connectivity index (χ1v) is 7.63. The Hall–Kier alpha value is -1.48. The lowest BCUT2D eigenvalue weighted by molar-refractivity contribution is -0.0495. The third kappa shape index (κ3) is 3.08. The number of hydrogen-bond donors (Lipinski definition) is 1. The average Bonchev–Trinajstić information content (AvgIpc) is 2.49. The van der Waals surface area contributed by atoms with Crippen molar-refractivity contribution in [3.63, 3.8) is 0 Å². The standard InChI is InChI=1S/C18H21F2N/c1-21-17(14-8-10-18(19,20)11-9-14)16-7-6-13-4-2-3-5-15(13)12-16/h2-7,12,14,17,21H,8-11H2,1H3. The van der Waals surface area contributed by atoms with Gasteiger partial charge in [0.05, 0.1) is 0 Å². The fourth-order valence-electron chi connectivity index (χ4n) is 3.47. The van der Waals surface area contributed by atoms with Crippen molar-refractivity contribution in [1.82, 2.24) is 5.32 Å². The average molecular weight is 289 g/mol. The third-order valence-corrected chi connectivity index (χ3v) is 4.68. The van der Waals surface area contributed by atoms with E-state index in [2.05, 4.69) is 35.6 Å². The molecule has 1 saturated carbocycles. The molecule has 1 aliphatic carbocycles. The molecule has 0 heterocycles. The molecule has 2 aromatic carbocycles. The summed E-state index contributed by atoms with van der Waals surface area (Å²) in [4.78, 5) is 0. The molecule has 3 rings (SSSR count). The molecule has 1 unspecified atom stereocenters. The molecular weight excluding hydrogens is 268 g/mol. The molecule has 0 saturated heterocycles. The number of rotatable bonds is 3. The van der Waals surface area contributed by atoms with E-state index in [4.69, 9.17) is 0 Å². The SMILES string of the molecule is CNC(c1ccc2ccccc2c1)C1CCC(F)(F)CC1. The van der Waals surface area contributed by atoms with E-state index in [1.54, 1.807) is 0 Å². The molecule has 0 spiro atoms. The van der Waals surface area contributed by atoms with E-state index in [1.165, 1.54) is 16.3 Å². The molecule has 0 bridgehead atoms. The lowest BCUT2D eigenvalue weighted by atomic mass is 9.79. The molecule has 2 aromatic rings. The highest BCUT2D eigenvalue weighted by Crippen LogP contribution is 2.41. The van der Waals surface area contributed by atoms with Crippen molar-refractivity contribution in [1.29, 1.82) is 0 Å². The maximum Gasteiger partial charge on any atom is 0.248 e. The van der Waals surface area contributed by atoms with Crippen molar-refractivity contribution in [2.75, 3.05) is 7.05 Å². The number of halogens is 2. The normalized spacial score (nSPS) is 20.5. The van der Waals surface area contributed by atoms with E-state index in [0.717, 1.165) is 0 Å². The Morgan fingerprint density at radius 1 is 1.05 bits per heavy atom. The second-order valence-electron chi connectivity index (χ2n) is 6.07. The summed E-state index contributed by atoms with van der Waals surface area (Å²) in [6.07, 6.45) is 1.21. The predicted octanol–water partition coefficient (Wildman–Crippen LogP) is 4.93. The minimum absolute atomic E-state index is 0.0173. The van der Waals surface area contributed by atoms with Gasteiger partial charge in [0.15, 0.2) is 0 Å². The minimum atomic E-state index is -2.46. The number of benzene rings is 2. The van der Waals surface area contributed by atoms with Gasteiger partial charge in [-0.15, -0.1) is 0 Å². The van der Waals surface area contributed by atoms with Crippen LogP contribution >= 0.6 is 0 Å². The van der Waals surface area contributed by atoms with Crippen molar-refractivity contribution in [2.24, 2.45) is 5.92 Å². The van der Waals surface area contributed by atoms with E-state index in [1.807, 2.05) is 19.2 Å². The summed E-state index contributed by atoms with van der Waals surface area (Å²) >= 11 is 0. The van der Waals surface area contributed by atoms with E-state index < -0.39 is 5.92 Å². The Balaban J connectivity index is 1.84. The van der Waals surface area contributed by atoms with Crippen LogP contribution in [0, 0.1) is 5.92 Å². The Morgan fingerprint density at radius 2 is 1.71 bits per heavy atom. The van der Waals surface area contributed by atoms with Gasteiger partial charge in [-0.2, -0.15) is 0 Å². The fraction of sp³-hybridized carbons (Fsp3) is 0.444. The Kier molecular flexibility index (Phi) is 3.94. The highest BCUT2D eigenvalue weighted by molar-refractivity contribution is 5.83. The fourth-order valence-corrected chi connectivity index (χ4v) is 3.47. The topological polar surface area (TPSA) is 12.0 Å². The van der Waals surface area contributed by atoms with Crippen molar-refractivity contribution >= 4 is 10.8 Å². The van der Waals surface area contributed by atoms with E-state index in [0.29, 0.717) is 12.8 Å². The van der Waals surface area contributed by atoms with Crippen LogP contribution in [0.25, 0.3) is 10.8 Å². The monoisotopic (exact) mass is 289 g/mol. The number of alkyl halides is 2. The maximum absolute atomic E-state index is 13.3. The summed E-state index contributed by atoms with van der Waals surface area (Å²) in [6.45, 7) is 0. The molecule has 1 aliphatic rings. The van der Waals surface area contributed by atoms with Crippen LogP contribution in [0.15, 0.2) is 42.5 Å². The second-order valence-corrected chi connectivity index (χ2v) is 6.07. The molecule has 0 aromatic heterocycles. The zero-order valence-corrected chi connectivity index (χ0v) is 12.3. The van der Waals surface area contributed by atoms with Crippen molar-refractivity contribution in [3.05, 3.63) is 48.0 Å². The first-order chi connectivity index (χ1) is 10.1. The Bertz CT molecular complexity index is 613. The summed E-state index contributed by atoms with van der Waals surface area (Å²) in [5, 5.41) is 5.75. The van der Waals surface area contributed by atoms with Crippen molar-refractivity contribution < 1.29 is 8.78 Å². The van der Waals surface area contributed by atoms with Crippen LogP contribution in [0.1, 0.15) is 37.3 Å². The summed E-state index contributed by atoms with van der Waals surface area (Å²) in [6, 6.07) is 14.8. The van der Waals surface area contributed by atoms with E-state index >= 15 is 0 Å². The molecular formula is C18H21F2N. The van der Waals surface area contributed by atoms with Gasteiger partial charge < -0.3 is 5.32 Å². The first-order valence-electron chi connectivity index (χ1n) is 7.63. The van der Waals surface area contributed by atoms with Crippen LogP contribution < -0.4 is 5.32 Å². The largest absolute Gasteiger partial charge is 0.313 e. The second kappa shape index (κ2) is 5.72. The van der Waals surface area contributed by atoms with Crippen LogP contribution in [0.5, 0.6) is 0 Å². The van der Waals surface area contributed by atoms with Crippen LogP contribution in [-0.4, -0.2) is 13.0 Å². The van der Waals surface area contributed by atoms with Crippen LogP contribution in [0.3, 0.4) is 0 Å². The lowest BCUT2D eigenvalue weighted by Gasteiger charge is -2.34. The third-order valence-electron chi connectivity index (χ3n) is 4.68. The number of nitrogens with one attached hydrogen (secondary N) is 1. The molecule has 1 atom stereocenters. The highest BCUT2D eigenvalue weighted by Gasteiger charge is 2.37. The summed E-state index contributed by atoms with van der Waals surface area (Å²) in [7, 11) is 1.92. The van der Waals surface area contributed by atoms with E-state index in [9.17, 15) is 8.78 Å². The molecule has 0 aliphatic heterocycles. The number of hydrogen-bond acceptors (Lipinski definition) is 1. The van der Waals surface area contributed by atoms with Crippen LogP contribution in [0.4, 0.5) is 8.78 Å². The van der Waals surface area contributed by atoms with Crippen LogP contribution in [0.2, 0.25) is 0 Å². The molecule has 3 heteroatoms. The molecule has 1 nitrogen and oxygen atoms in total. The number of fused-ring (bicyclic) bond motifs is 1. The summed E-state index contributed by atoms with van der Waals surface area (Å²) in [5.74, 6) is -2.17. The summed E-state index contributed by atoms with van der Waals surface area (Å²) in [5.41, 5.74) is 1.20. The molecule has 1 fully saturated rings. The van der Waals surface area contributed by atoms with Gasteiger partial charge >= 0.3 is 0 Å². The smallest absolute Gasteiger partial charge is 0.248 e. The van der Waals surface area contributed by atoms with E-state index in [-0.39, 0.29) is 24.8 Å². The van der Waals surface area contributed by atoms with Gasteiger partial charge in [-0.3, -0.25) is 0 Å². The van der Waals surface area contributed by atoms with Crippen LogP contribution in [-0.2, 0) is 0 Å². The van der Waals surface area contributed by atoms with Gasteiger partial charge in [0.2, 0.25) is 5.92 Å². The lowest BCUT2D eigenvalue weighted by Crippen LogP contribution is -2.32. The van der Waals surface area contributed by atoms with Gasteiger partial charge in [0.1, 0.15) is 0 Å². The zero-order chi connectivity index (χ0) is 14.9. The summed E-state index contributed by atoms with van der Waals surface area (Å²) < 4.78 is 26.7. The minimum Gasteiger partial charge on any atom is -0.313 e. The molecule has 0 amide bonds. The maximum atomic E-state index is 13.3. The van der Waals surface area contributed by atoms with Gasteiger partial charge in [0.25, 0.3) is 0 Å². The molecule has 1 N–H and O–H groups in total. The molecule has 112 valence electrons. The Morgan fingerprint density at radius 3 is 2.38 bits per heavy atom. The predicted molar refractivity (Wildman–Crippen MR) is 82.7 cm³/mol. The van der Waals surface area contributed by atoms with Gasteiger partial charge in [0, 0.05) is 18.9 Å². The highest BCUT2D eigenvalue weighted by atomic mass is 19.3. The van der Waals surface area contributed by atoms with Crippen molar-refractivity contribution in [3.8, 4) is 0 Å². The van der Waals surface area contributed by atoms with Gasteiger partial charge in [-0.1, -0.05) is 36.4 Å².